The Balaban J connectivity index is 2.16. The van der Waals surface area contributed by atoms with Crippen molar-refractivity contribution in [2.45, 2.75) is 25.6 Å². The van der Waals surface area contributed by atoms with Gasteiger partial charge in [0.25, 0.3) is 0 Å². The molecule has 0 bridgehead atoms. The van der Waals surface area contributed by atoms with Crippen molar-refractivity contribution in [3.8, 4) is 16.9 Å². The largest absolute Gasteiger partial charge is 0.496 e. The summed E-state index contributed by atoms with van der Waals surface area (Å²) in [5.41, 5.74) is 3.32. The predicted molar refractivity (Wildman–Crippen MR) is 83.6 cm³/mol. The average Bonchev–Trinajstić information content (AvgIpc) is 2.53. The zero-order valence-electron chi connectivity index (χ0n) is 13.0. The Kier molecular flexibility index (Phi) is 4.06. The summed E-state index contributed by atoms with van der Waals surface area (Å²) in [4.78, 5) is 0. The first-order valence-corrected chi connectivity index (χ1v) is 7.50. The monoisotopic (exact) mass is 321 g/mol. The van der Waals surface area contributed by atoms with Crippen LogP contribution in [0.5, 0.6) is 5.75 Å². The lowest BCUT2D eigenvalue weighted by Gasteiger charge is -2.27. The number of hydrogen-bond donors (Lipinski definition) is 1. The number of alkyl halides is 3. The van der Waals surface area contributed by atoms with Crippen LogP contribution >= 0.6 is 0 Å². The number of ether oxygens (including phenoxy) is 1. The van der Waals surface area contributed by atoms with Crippen molar-refractivity contribution >= 4 is 0 Å². The Morgan fingerprint density at radius 1 is 1.13 bits per heavy atom. The molecule has 1 unspecified atom stereocenters. The van der Waals surface area contributed by atoms with Crippen LogP contribution in [0.25, 0.3) is 11.1 Å². The second-order valence-electron chi connectivity index (χ2n) is 5.82. The topological polar surface area (TPSA) is 21.3 Å². The number of fused-ring (bicyclic) bond motifs is 1. The highest BCUT2D eigenvalue weighted by Gasteiger charge is 2.32. The van der Waals surface area contributed by atoms with Crippen LogP contribution < -0.4 is 10.1 Å². The van der Waals surface area contributed by atoms with Crippen molar-refractivity contribution < 1.29 is 17.9 Å². The maximum absolute atomic E-state index is 12.9. The second kappa shape index (κ2) is 5.89. The van der Waals surface area contributed by atoms with Gasteiger partial charge in [-0.3, -0.25) is 0 Å². The van der Waals surface area contributed by atoms with Crippen LogP contribution in [0, 0.1) is 0 Å². The van der Waals surface area contributed by atoms with Gasteiger partial charge in [0.15, 0.2) is 0 Å². The van der Waals surface area contributed by atoms with E-state index < -0.39 is 11.7 Å². The Labute approximate surface area is 133 Å². The van der Waals surface area contributed by atoms with Gasteiger partial charge in [-0.05, 0) is 34.7 Å². The molecule has 0 amide bonds. The molecule has 0 aliphatic carbocycles. The number of methoxy groups -OCH3 is 1. The molecule has 0 spiro atoms. The summed E-state index contributed by atoms with van der Waals surface area (Å²) in [6.45, 7) is 3.74. The van der Waals surface area contributed by atoms with Crippen molar-refractivity contribution in [2.24, 2.45) is 0 Å². The normalized spacial score (nSPS) is 17.7. The van der Waals surface area contributed by atoms with E-state index in [1.165, 1.54) is 24.3 Å². The Hall–Kier alpha value is -2.01. The lowest BCUT2D eigenvalue weighted by Crippen LogP contribution is -2.27. The van der Waals surface area contributed by atoms with Gasteiger partial charge >= 0.3 is 6.18 Å². The third kappa shape index (κ3) is 2.93. The summed E-state index contributed by atoms with van der Waals surface area (Å²) in [5, 5.41) is 3.35. The summed E-state index contributed by atoms with van der Waals surface area (Å²) in [7, 11) is 1.40. The smallest absolute Gasteiger partial charge is 0.416 e. The quantitative estimate of drug-likeness (QED) is 0.873. The lowest BCUT2D eigenvalue weighted by molar-refractivity contribution is -0.137. The molecule has 0 saturated carbocycles. The molecule has 0 fully saturated rings. The van der Waals surface area contributed by atoms with Gasteiger partial charge in [-0.2, -0.15) is 13.2 Å². The highest BCUT2D eigenvalue weighted by atomic mass is 19.4. The Morgan fingerprint density at radius 3 is 2.61 bits per heavy atom. The van der Waals surface area contributed by atoms with E-state index >= 15 is 0 Å². The molecule has 2 aromatic carbocycles. The first-order chi connectivity index (χ1) is 10.9. The SMILES string of the molecule is COc1cc(C(F)(F)F)ccc1-c1cccc2c1C(C)CNC2. The molecule has 1 atom stereocenters. The lowest BCUT2D eigenvalue weighted by atomic mass is 9.85. The number of nitrogens with one attached hydrogen (secondary N) is 1. The molecular weight excluding hydrogens is 303 g/mol. The fourth-order valence-corrected chi connectivity index (χ4v) is 3.20. The maximum Gasteiger partial charge on any atom is 0.416 e. The Bertz CT molecular complexity index is 725. The third-order valence-corrected chi connectivity index (χ3v) is 4.27. The van der Waals surface area contributed by atoms with Crippen LogP contribution in [0.1, 0.15) is 29.5 Å². The van der Waals surface area contributed by atoms with E-state index in [1.54, 1.807) is 0 Å². The van der Waals surface area contributed by atoms with Crippen molar-refractivity contribution in [1.29, 1.82) is 0 Å². The second-order valence-corrected chi connectivity index (χ2v) is 5.82. The van der Waals surface area contributed by atoms with E-state index in [-0.39, 0.29) is 5.75 Å². The molecule has 23 heavy (non-hydrogen) atoms. The zero-order chi connectivity index (χ0) is 16.6. The first-order valence-electron chi connectivity index (χ1n) is 7.50. The Morgan fingerprint density at radius 2 is 1.91 bits per heavy atom. The predicted octanol–water partition coefficient (Wildman–Crippen LogP) is 4.59. The molecule has 2 nitrogen and oxygen atoms in total. The molecule has 5 heteroatoms. The molecule has 3 rings (SSSR count). The summed E-state index contributed by atoms with van der Waals surface area (Å²) >= 11 is 0. The van der Waals surface area contributed by atoms with Crippen LogP contribution in [0.15, 0.2) is 36.4 Å². The summed E-state index contributed by atoms with van der Waals surface area (Å²) < 4.78 is 44.0. The summed E-state index contributed by atoms with van der Waals surface area (Å²) in [5.74, 6) is 0.543. The van der Waals surface area contributed by atoms with E-state index in [9.17, 15) is 13.2 Å². The minimum atomic E-state index is -4.38. The van der Waals surface area contributed by atoms with Crippen LogP contribution in [0.3, 0.4) is 0 Å². The van der Waals surface area contributed by atoms with Gasteiger partial charge in [0, 0.05) is 18.7 Å². The molecule has 0 saturated heterocycles. The minimum Gasteiger partial charge on any atom is -0.496 e. The van der Waals surface area contributed by atoms with E-state index in [4.69, 9.17) is 4.74 Å². The first kappa shape index (κ1) is 15.9. The standard InChI is InChI=1S/C18H18F3NO/c1-11-9-22-10-12-4-3-5-15(17(11)12)14-7-6-13(18(19,20)21)8-16(14)23-2/h3-8,11,22H,9-10H2,1-2H3. The number of rotatable bonds is 2. The van der Waals surface area contributed by atoms with Crippen LogP contribution in [-0.2, 0) is 12.7 Å². The van der Waals surface area contributed by atoms with E-state index in [0.717, 1.165) is 30.8 Å². The summed E-state index contributed by atoms with van der Waals surface area (Å²) in [6, 6.07) is 9.63. The van der Waals surface area contributed by atoms with E-state index in [0.29, 0.717) is 11.5 Å². The van der Waals surface area contributed by atoms with Crippen molar-refractivity contribution in [3.63, 3.8) is 0 Å². The van der Waals surface area contributed by atoms with Crippen LogP contribution in [-0.4, -0.2) is 13.7 Å². The molecular formula is C18H18F3NO. The molecule has 2 aromatic rings. The molecule has 0 radical (unpaired) electrons. The van der Waals surface area contributed by atoms with Crippen LogP contribution in [0.2, 0.25) is 0 Å². The molecule has 0 aromatic heterocycles. The number of benzene rings is 2. The maximum atomic E-state index is 12.9. The molecule has 1 aliphatic rings. The molecule has 122 valence electrons. The fraction of sp³-hybridized carbons (Fsp3) is 0.333. The van der Waals surface area contributed by atoms with Gasteiger partial charge < -0.3 is 10.1 Å². The third-order valence-electron chi connectivity index (χ3n) is 4.27. The fourth-order valence-electron chi connectivity index (χ4n) is 3.20. The van der Waals surface area contributed by atoms with Crippen molar-refractivity contribution in [3.05, 3.63) is 53.1 Å². The molecule has 1 N–H and O–H groups in total. The van der Waals surface area contributed by atoms with E-state index in [2.05, 4.69) is 18.3 Å². The van der Waals surface area contributed by atoms with Gasteiger partial charge in [0.05, 0.1) is 12.7 Å². The van der Waals surface area contributed by atoms with Gasteiger partial charge in [-0.1, -0.05) is 31.2 Å². The summed E-state index contributed by atoms with van der Waals surface area (Å²) in [6.07, 6.45) is -4.38. The average molecular weight is 321 g/mol. The number of hydrogen-bond acceptors (Lipinski definition) is 2. The van der Waals surface area contributed by atoms with Gasteiger partial charge in [-0.25, -0.2) is 0 Å². The molecule has 1 heterocycles. The van der Waals surface area contributed by atoms with Crippen molar-refractivity contribution in [1.82, 2.24) is 5.32 Å². The van der Waals surface area contributed by atoms with Gasteiger partial charge in [0.2, 0.25) is 0 Å². The zero-order valence-corrected chi connectivity index (χ0v) is 13.0. The highest BCUT2D eigenvalue weighted by molar-refractivity contribution is 5.75. The van der Waals surface area contributed by atoms with Crippen molar-refractivity contribution in [2.75, 3.05) is 13.7 Å². The van der Waals surface area contributed by atoms with Gasteiger partial charge in [-0.15, -0.1) is 0 Å². The van der Waals surface area contributed by atoms with Crippen LogP contribution in [0.4, 0.5) is 13.2 Å². The highest BCUT2D eigenvalue weighted by Crippen LogP contribution is 2.41. The van der Waals surface area contributed by atoms with E-state index in [1.807, 2.05) is 12.1 Å². The van der Waals surface area contributed by atoms with Gasteiger partial charge in [0.1, 0.15) is 5.75 Å². The minimum absolute atomic E-state index is 0.249. The molecule has 1 aliphatic heterocycles. The number of halogens is 3.